The highest BCUT2D eigenvalue weighted by molar-refractivity contribution is 6.31. The quantitative estimate of drug-likeness (QED) is 0.633. The highest BCUT2D eigenvalue weighted by Gasteiger charge is 2.05. The fraction of sp³-hybridized carbons (Fsp3) is 0.214. The first-order valence-electron chi connectivity index (χ1n) is 6.05. The van der Waals surface area contributed by atoms with Crippen molar-refractivity contribution in [3.8, 4) is 5.75 Å². The number of ether oxygens (including phenoxy) is 2. The van der Waals surface area contributed by atoms with Gasteiger partial charge in [0.05, 0.1) is 17.3 Å². The van der Waals surface area contributed by atoms with Crippen molar-refractivity contribution in [2.45, 2.75) is 13.2 Å². The van der Waals surface area contributed by atoms with E-state index in [0.717, 1.165) is 11.3 Å². The Morgan fingerprint density at radius 1 is 1.25 bits per heavy atom. The first kappa shape index (κ1) is 14.6. The lowest BCUT2D eigenvalue weighted by molar-refractivity contribution is 0.184. The summed E-state index contributed by atoms with van der Waals surface area (Å²) in [5.41, 5.74) is 4.14. The van der Waals surface area contributed by atoms with Gasteiger partial charge in [0.1, 0.15) is 18.2 Å². The summed E-state index contributed by atoms with van der Waals surface area (Å²) in [7, 11) is 1.66. The van der Waals surface area contributed by atoms with E-state index in [1.165, 1.54) is 0 Å². The van der Waals surface area contributed by atoms with Crippen LogP contribution in [0.15, 0.2) is 36.4 Å². The van der Waals surface area contributed by atoms with E-state index < -0.39 is 0 Å². The lowest BCUT2D eigenvalue weighted by Gasteiger charge is -2.09. The summed E-state index contributed by atoms with van der Waals surface area (Å²) in [6.07, 6.45) is 0. The Bertz CT molecular complexity index is 578. The van der Waals surface area contributed by atoms with Gasteiger partial charge < -0.3 is 14.9 Å². The number of halogens is 1. The summed E-state index contributed by atoms with van der Waals surface area (Å²) in [5, 5.41) is 0.539. The van der Waals surface area contributed by atoms with Gasteiger partial charge in [0.2, 0.25) is 0 Å². The van der Waals surface area contributed by atoms with Crippen molar-refractivity contribution in [1.29, 1.82) is 0 Å². The van der Waals surface area contributed by atoms with E-state index in [-0.39, 0.29) is 6.61 Å². The van der Waals surface area contributed by atoms with Gasteiger partial charge in [0.25, 0.3) is 0 Å². The van der Waals surface area contributed by atoms with Crippen LogP contribution in [0.1, 0.15) is 11.3 Å². The molecule has 0 aliphatic heterocycles. The Labute approximate surface area is 122 Å². The van der Waals surface area contributed by atoms with Gasteiger partial charge in [-0.25, -0.2) is 10.8 Å². The van der Waals surface area contributed by atoms with Gasteiger partial charge >= 0.3 is 0 Å². The minimum atomic E-state index is 0.269. The molecule has 1 heterocycles. The molecule has 6 heteroatoms. The van der Waals surface area contributed by atoms with Crippen LogP contribution >= 0.6 is 11.6 Å². The van der Waals surface area contributed by atoms with Gasteiger partial charge in [-0.3, -0.25) is 0 Å². The van der Waals surface area contributed by atoms with Crippen LogP contribution in [0.2, 0.25) is 5.02 Å². The van der Waals surface area contributed by atoms with Crippen molar-refractivity contribution in [2.75, 3.05) is 12.5 Å². The number of pyridine rings is 1. The molecule has 1 aromatic carbocycles. The van der Waals surface area contributed by atoms with Crippen LogP contribution < -0.4 is 16.0 Å². The summed E-state index contributed by atoms with van der Waals surface area (Å²) < 4.78 is 10.8. The zero-order valence-electron chi connectivity index (χ0n) is 11.1. The number of hydrogen-bond acceptors (Lipinski definition) is 5. The Kier molecular flexibility index (Phi) is 5.17. The molecule has 0 radical (unpaired) electrons. The van der Waals surface area contributed by atoms with Gasteiger partial charge in [0.15, 0.2) is 0 Å². The molecule has 3 N–H and O–H groups in total. The number of nitrogens with two attached hydrogens (primary N) is 1. The van der Waals surface area contributed by atoms with E-state index in [2.05, 4.69) is 10.4 Å². The van der Waals surface area contributed by atoms with E-state index >= 15 is 0 Å². The molecule has 0 spiro atoms. The average Bonchev–Trinajstić information content (AvgIpc) is 2.47. The van der Waals surface area contributed by atoms with E-state index in [1.54, 1.807) is 19.2 Å². The molecule has 20 heavy (non-hydrogen) atoms. The Morgan fingerprint density at radius 3 is 2.85 bits per heavy atom. The molecule has 0 aliphatic carbocycles. The monoisotopic (exact) mass is 293 g/mol. The molecule has 0 atom stereocenters. The van der Waals surface area contributed by atoms with E-state index in [9.17, 15) is 0 Å². The van der Waals surface area contributed by atoms with Crippen molar-refractivity contribution in [3.05, 3.63) is 52.7 Å². The number of hydrazine groups is 1. The number of methoxy groups -OCH3 is 1. The highest BCUT2D eigenvalue weighted by Crippen LogP contribution is 2.20. The second-order valence-corrected chi connectivity index (χ2v) is 4.55. The highest BCUT2D eigenvalue weighted by atomic mass is 35.5. The fourth-order valence-corrected chi connectivity index (χ4v) is 1.87. The summed E-state index contributed by atoms with van der Waals surface area (Å²) in [6, 6.07) is 11.1. The predicted molar refractivity (Wildman–Crippen MR) is 78.5 cm³/mol. The van der Waals surface area contributed by atoms with E-state index in [1.807, 2.05) is 24.3 Å². The zero-order valence-corrected chi connectivity index (χ0v) is 11.9. The minimum Gasteiger partial charge on any atom is -0.487 e. The predicted octanol–water partition coefficient (Wildman–Crippen LogP) is 2.75. The number of rotatable bonds is 6. The molecule has 0 fully saturated rings. The van der Waals surface area contributed by atoms with Crippen LogP contribution in [0.5, 0.6) is 5.75 Å². The topological polar surface area (TPSA) is 69.4 Å². The smallest absolute Gasteiger partial charge is 0.140 e. The summed E-state index contributed by atoms with van der Waals surface area (Å²) in [5.74, 6) is 6.60. The normalized spacial score (nSPS) is 10.3. The van der Waals surface area contributed by atoms with Crippen LogP contribution in [0.4, 0.5) is 5.82 Å². The number of hydrogen-bond donors (Lipinski definition) is 2. The Balaban J connectivity index is 2.06. The summed E-state index contributed by atoms with van der Waals surface area (Å²) >= 11 is 6.07. The van der Waals surface area contributed by atoms with Crippen LogP contribution in [0, 0.1) is 0 Å². The van der Waals surface area contributed by atoms with Crippen LogP contribution in [-0.2, 0) is 18.0 Å². The molecule has 0 saturated heterocycles. The lowest BCUT2D eigenvalue weighted by Crippen LogP contribution is -2.10. The number of benzene rings is 1. The molecular formula is C14H16ClN3O2. The maximum atomic E-state index is 6.07. The van der Waals surface area contributed by atoms with Crippen molar-refractivity contribution >= 4 is 17.4 Å². The van der Waals surface area contributed by atoms with Gasteiger partial charge in [-0.15, -0.1) is 0 Å². The number of aromatic nitrogens is 1. The maximum Gasteiger partial charge on any atom is 0.140 e. The maximum absolute atomic E-state index is 6.07. The van der Waals surface area contributed by atoms with Crippen molar-refractivity contribution < 1.29 is 9.47 Å². The van der Waals surface area contributed by atoms with Gasteiger partial charge in [0, 0.05) is 7.11 Å². The van der Waals surface area contributed by atoms with Crippen molar-refractivity contribution in [2.24, 2.45) is 5.84 Å². The average molecular weight is 294 g/mol. The molecule has 0 unspecified atom stereocenters. The number of nitrogens with zero attached hydrogens (tertiary/aromatic N) is 1. The third-order valence-corrected chi connectivity index (χ3v) is 3.00. The molecule has 0 saturated carbocycles. The number of nitrogens with one attached hydrogen (secondary N) is 1. The minimum absolute atomic E-state index is 0.269. The Morgan fingerprint density at radius 2 is 2.10 bits per heavy atom. The molecule has 2 aromatic rings. The van der Waals surface area contributed by atoms with Gasteiger partial charge in [-0.2, -0.15) is 0 Å². The first-order chi connectivity index (χ1) is 9.72. The second-order valence-electron chi connectivity index (χ2n) is 4.14. The van der Waals surface area contributed by atoms with Crippen LogP contribution in [-0.4, -0.2) is 12.1 Å². The van der Waals surface area contributed by atoms with Crippen molar-refractivity contribution in [1.82, 2.24) is 4.98 Å². The molecule has 106 valence electrons. The largest absolute Gasteiger partial charge is 0.487 e. The molecule has 0 bridgehead atoms. The third-order valence-electron chi connectivity index (χ3n) is 2.65. The Hall–Kier alpha value is -1.82. The molecule has 5 nitrogen and oxygen atoms in total. The first-order valence-corrected chi connectivity index (χ1v) is 6.43. The zero-order chi connectivity index (χ0) is 14.4. The summed E-state index contributed by atoms with van der Waals surface area (Å²) in [4.78, 5) is 4.25. The fourth-order valence-electron chi connectivity index (χ4n) is 1.71. The van der Waals surface area contributed by atoms with Gasteiger partial charge in [-0.05, 0) is 29.8 Å². The van der Waals surface area contributed by atoms with Crippen molar-refractivity contribution in [3.63, 3.8) is 0 Å². The van der Waals surface area contributed by atoms with Crippen LogP contribution in [0.3, 0.4) is 0 Å². The second kappa shape index (κ2) is 7.09. The van der Waals surface area contributed by atoms with E-state index in [4.69, 9.17) is 26.9 Å². The van der Waals surface area contributed by atoms with Gasteiger partial charge in [-0.1, -0.05) is 23.7 Å². The summed E-state index contributed by atoms with van der Waals surface area (Å²) in [6.45, 7) is 0.813. The van der Waals surface area contributed by atoms with Crippen LogP contribution in [0.25, 0.3) is 0 Å². The SMILES string of the molecule is COCc1cccc(OCc2nc(NN)ccc2Cl)c1. The lowest BCUT2D eigenvalue weighted by atomic mass is 10.2. The standard InChI is InChI=1S/C14H16ClN3O2/c1-19-8-10-3-2-4-11(7-10)20-9-13-12(15)5-6-14(17-13)18-16/h2-7H,8-9,16H2,1H3,(H,17,18). The molecular weight excluding hydrogens is 278 g/mol. The number of nitrogen functional groups attached to an aromatic ring is 1. The number of anilines is 1. The third kappa shape index (κ3) is 3.84. The molecule has 2 rings (SSSR count). The molecule has 0 aliphatic rings. The molecule has 0 amide bonds. The molecule has 1 aromatic heterocycles. The van der Waals surface area contributed by atoms with E-state index in [0.29, 0.717) is 23.1 Å².